The minimum atomic E-state index is -1.06. The molecule has 0 saturated carbocycles. The molecule has 1 rings (SSSR count). The number of carboxylic acids is 1. The third-order valence-electron chi connectivity index (χ3n) is 4.13. The molecule has 1 aliphatic heterocycles. The zero-order valence-electron chi connectivity index (χ0n) is 21.7. The maximum absolute atomic E-state index is 11.4. The van der Waals surface area contributed by atoms with E-state index in [1.54, 1.807) is 0 Å². The Morgan fingerprint density at radius 2 is 1.03 bits per heavy atom. The standard InChI is InChI=1S/C14H17NO8.C10H14O6/c1-9(2)14(20)22-8-7-21-12(18)5-6-13(19)23-15-10(16)3-4-11(15)17;1-7(2)10(14)16-6-5-15-9(13)4-3-8(11)12/h1,3-8H2,2H3;1,3-6H2,2H3,(H,11,12). The number of carboxylic acid groups (broad SMARTS) is 1. The Morgan fingerprint density at radius 3 is 1.41 bits per heavy atom. The van der Waals surface area contributed by atoms with Gasteiger partial charge in [0.15, 0.2) is 0 Å². The average Bonchev–Trinajstić information content (AvgIpc) is 3.18. The van der Waals surface area contributed by atoms with E-state index in [9.17, 15) is 38.4 Å². The Morgan fingerprint density at radius 1 is 0.667 bits per heavy atom. The van der Waals surface area contributed by atoms with E-state index in [2.05, 4.69) is 27.5 Å². The monoisotopic (exact) mass is 557 g/mol. The number of hydrogen-bond acceptors (Lipinski definition) is 13. The van der Waals surface area contributed by atoms with Crippen molar-refractivity contribution >= 4 is 47.6 Å². The Hall–Kier alpha value is -4.56. The van der Waals surface area contributed by atoms with Crippen molar-refractivity contribution in [1.82, 2.24) is 5.06 Å². The molecule has 0 unspecified atom stereocenters. The molecule has 0 radical (unpaired) electrons. The summed E-state index contributed by atoms with van der Waals surface area (Å²) in [7, 11) is 0. The molecule has 1 heterocycles. The van der Waals surface area contributed by atoms with Crippen LogP contribution in [-0.4, -0.2) is 84.2 Å². The molecule has 15 heteroatoms. The fraction of sp³-hybridized carbons (Fsp3) is 0.500. The largest absolute Gasteiger partial charge is 0.481 e. The summed E-state index contributed by atoms with van der Waals surface area (Å²) in [4.78, 5) is 92.7. The number of esters is 4. The molecule has 1 fully saturated rings. The van der Waals surface area contributed by atoms with Crippen LogP contribution in [0, 0.1) is 0 Å². The van der Waals surface area contributed by atoms with Crippen LogP contribution in [0.1, 0.15) is 52.4 Å². The molecule has 0 aromatic carbocycles. The van der Waals surface area contributed by atoms with Crippen molar-refractivity contribution in [2.24, 2.45) is 0 Å². The summed E-state index contributed by atoms with van der Waals surface area (Å²) in [5.74, 6) is -5.62. The van der Waals surface area contributed by atoms with Crippen molar-refractivity contribution in [2.45, 2.75) is 52.4 Å². The SMILES string of the molecule is C=C(C)C(=O)OCCOC(=O)CCC(=O)O.C=C(C)C(=O)OCCOC(=O)CCC(=O)ON1C(=O)CCC1=O. The highest BCUT2D eigenvalue weighted by Crippen LogP contribution is 2.13. The van der Waals surface area contributed by atoms with Gasteiger partial charge in [0.05, 0.1) is 25.7 Å². The van der Waals surface area contributed by atoms with Gasteiger partial charge in [0.2, 0.25) is 0 Å². The van der Waals surface area contributed by atoms with Crippen LogP contribution in [0.15, 0.2) is 24.3 Å². The fourth-order valence-electron chi connectivity index (χ4n) is 2.19. The van der Waals surface area contributed by atoms with Crippen LogP contribution in [0.2, 0.25) is 0 Å². The molecule has 15 nitrogen and oxygen atoms in total. The smallest absolute Gasteiger partial charge is 0.333 e. The van der Waals surface area contributed by atoms with Gasteiger partial charge >= 0.3 is 35.8 Å². The summed E-state index contributed by atoms with van der Waals surface area (Å²) in [5, 5.41) is 8.69. The molecule has 1 saturated heterocycles. The Labute approximate surface area is 223 Å². The van der Waals surface area contributed by atoms with Gasteiger partial charge in [-0.05, 0) is 13.8 Å². The van der Waals surface area contributed by atoms with Gasteiger partial charge in [-0.2, -0.15) is 0 Å². The van der Waals surface area contributed by atoms with Crippen LogP contribution in [0.3, 0.4) is 0 Å². The van der Waals surface area contributed by atoms with Crippen LogP contribution in [-0.2, 0) is 62.1 Å². The molecule has 0 aromatic heterocycles. The third kappa shape index (κ3) is 16.7. The number of amides is 2. The second kappa shape index (κ2) is 18.6. The van der Waals surface area contributed by atoms with Crippen molar-refractivity contribution in [3.63, 3.8) is 0 Å². The van der Waals surface area contributed by atoms with Crippen molar-refractivity contribution in [2.75, 3.05) is 26.4 Å². The first-order valence-electron chi connectivity index (χ1n) is 11.5. The topological polar surface area (TPSA) is 206 Å². The summed E-state index contributed by atoms with van der Waals surface area (Å²) in [6.07, 6.45) is -1.10. The molecular formula is C24H31NO14. The number of ether oxygens (including phenoxy) is 4. The van der Waals surface area contributed by atoms with Gasteiger partial charge in [-0.15, -0.1) is 5.06 Å². The lowest BCUT2D eigenvalue weighted by Crippen LogP contribution is -2.32. The number of nitrogens with zero attached hydrogens (tertiary/aromatic N) is 1. The molecule has 2 amide bonds. The van der Waals surface area contributed by atoms with Gasteiger partial charge < -0.3 is 28.9 Å². The lowest BCUT2D eigenvalue weighted by molar-refractivity contribution is -0.197. The fourth-order valence-corrected chi connectivity index (χ4v) is 2.19. The van der Waals surface area contributed by atoms with E-state index in [1.807, 2.05) is 0 Å². The molecule has 0 spiro atoms. The highest BCUT2D eigenvalue weighted by molar-refractivity contribution is 6.01. The number of carbonyl (C=O) groups is 8. The van der Waals surface area contributed by atoms with E-state index < -0.39 is 47.6 Å². The Bertz CT molecular complexity index is 967. The van der Waals surface area contributed by atoms with E-state index in [0.717, 1.165) is 0 Å². The van der Waals surface area contributed by atoms with E-state index in [1.165, 1.54) is 13.8 Å². The highest BCUT2D eigenvalue weighted by Gasteiger charge is 2.32. The number of hydrogen-bond donors (Lipinski definition) is 1. The lowest BCUT2D eigenvalue weighted by atomic mass is 10.3. The normalized spacial score (nSPS) is 11.9. The van der Waals surface area contributed by atoms with E-state index in [0.29, 0.717) is 5.06 Å². The molecule has 39 heavy (non-hydrogen) atoms. The molecule has 0 bridgehead atoms. The van der Waals surface area contributed by atoms with Gasteiger partial charge in [-0.3, -0.25) is 24.0 Å². The first kappa shape index (κ1) is 34.4. The van der Waals surface area contributed by atoms with E-state index in [-0.39, 0.29) is 76.1 Å². The van der Waals surface area contributed by atoms with E-state index in [4.69, 9.17) is 14.6 Å². The molecule has 0 aliphatic carbocycles. The number of aliphatic carboxylic acids is 1. The van der Waals surface area contributed by atoms with Crippen molar-refractivity contribution in [1.29, 1.82) is 0 Å². The first-order valence-corrected chi connectivity index (χ1v) is 11.5. The molecule has 0 atom stereocenters. The van der Waals surface area contributed by atoms with Crippen LogP contribution >= 0.6 is 0 Å². The summed E-state index contributed by atoms with van der Waals surface area (Å²) < 4.78 is 18.7. The van der Waals surface area contributed by atoms with Gasteiger partial charge in [-0.25, -0.2) is 14.4 Å². The van der Waals surface area contributed by atoms with E-state index >= 15 is 0 Å². The second-order valence-electron chi connectivity index (χ2n) is 7.71. The zero-order chi connectivity index (χ0) is 30.0. The number of imide groups is 1. The molecule has 1 aliphatic rings. The Kier molecular flexibility index (Phi) is 16.5. The summed E-state index contributed by atoms with van der Waals surface area (Å²) >= 11 is 0. The first-order chi connectivity index (χ1) is 18.2. The number of rotatable bonds is 15. The lowest BCUT2D eigenvalue weighted by Gasteiger charge is -2.12. The maximum Gasteiger partial charge on any atom is 0.333 e. The maximum atomic E-state index is 11.4. The van der Waals surface area contributed by atoms with Crippen LogP contribution < -0.4 is 0 Å². The quantitative estimate of drug-likeness (QED) is 0.0959. The third-order valence-corrected chi connectivity index (χ3v) is 4.13. The Balaban J connectivity index is 0.000000794. The highest BCUT2D eigenvalue weighted by atomic mass is 16.7. The molecule has 216 valence electrons. The van der Waals surface area contributed by atoms with Crippen molar-refractivity contribution < 1.29 is 67.2 Å². The van der Waals surface area contributed by atoms with Gasteiger partial charge in [-0.1, -0.05) is 13.2 Å². The number of carbonyl (C=O) groups excluding carboxylic acids is 7. The van der Waals surface area contributed by atoms with Gasteiger partial charge in [0.1, 0.15) is 26.4 Å². The zero-order valence-corrected chi connectivity index (χ0v) is 21.7. The van der Waals surface area contributed by atoms with Crippen molar-refractivity contribution in [3.05, 3.63) is 24.3 Å². The van der Waals surface area contributed by atoms with Gasteiger partial charge in [0, 0.05) is 24.0 Å². The molecular weight excluding hydrogens is 526 g/mol. The van der Waals surface area contributed by atoms with Crippen LogP contribution in [0.5, 0.6) is 0 Å². The minimum Gasteiger partial charge on any atom is -0.481 e. The molecule has 0 aromatic rings. The van der Waals surface area contributed by atoms with Gasteiger partial charge in [0.25, 0.3) is 11.8 Å². The van der Waals surface area contributed by atoms with Crippen LogP contribution in [0.4, 0.5) is 0 Å². The molecule has 1 N–H and O–H groups in total. The predicted octanol–water partition coefficient (Wildman–Crippen LogP) is 0.550. The summed E-state index contributed by atoms with van der Waals surface area (Å²) in [6, 6.07) is 0. The minimum absolute atomic E-state index is 0.00292. The summed E-state index contributed by atoms with van der Waals surface area (Å²) in [5.41, 5.74) is 0.488. The van der Waals surface area contributed by atoms with Crippen molar-refractivity contribution in [3.8, 4) is 0 Å². The predicted molar refractivity (Wildman–Crippen MR) is 127 cm³/mol. The second-order valence-corrected chi connectivity index (χ2v) is 7.71. The van der Waals surface area contributed by atoms with Crippen LogP contribution in [0.25, 0.3) is 0 Å². The average molecular weight is 558 g/mol. The summed E-state index contributed by atoms with van der Waals surface area (Å²) in [6.45, 7) is 9.30. The number of hydroxylamine groups is 2.